The Kier molecular flexibility index (Phi) is 22.8. The third-order valence-electron chi connectivity index (χ3n) is 21.7. The van der Waals surface area contributed by atoms with Crippen LogP contribution in [0.2, 0.25) is 26.2 Å². The van der Waals surface area contributed by atoms with Gasteiger partial charge >= 0.3 is 605 Å². The Hall–Kier alpha value is -2.66. The standard InChI is InChI=1S/2C21H19.2C19H23.2C2H7Si.6ClH.3Zr/c2*1-16(2)13-18-14-20-10-6-9-19(21(20)15-18)12-11-17-7-4-3-5-8-17;2*1-14(2)11-15-12-17-8-6-7-16(18(17)13-15)9-10-19(3,4)5;2*1-3-2;;;;;;;;;/h2*3-10,14-16H,13H2,1-2H3;2*6-8,12-14H,11H2,1-5H3;2*3H,1-2H3;6*1H;;;/q;;;;;;;;;;;;3*+2/p-6. The first-order valence-corrected chi connectivity index (χ1v) is 82.0. The van der Waals surface area contributed by atoms with Crippen molar-refractivity contribution >= 4 is 87.2 Å². The molecule has 4 aliphatic rings. The van der Waals surface area contributed by atoms with Crippen molar-refractivity contribution in [3.63, 3.8) is 0 Å². The van der Waals surface area contributed by atoms with Gasteiger partial charge in [-0.25, -0.2) is 0 Å². The second-order valence-corrected chi connectivity index (χ2v) is 210. The van der Waals surface area contributed by atoms with E-state index in [0.717, 1.165) is 104 Å². The number of halogens is 6. The Bertz CT molecular complexity index is 4130. The van der Waals surface area contributed by atoms with Crippen LogP contribution in [-0.4, -0.2) is 11.8 Å². The quantitative estimate of drug-likeness (QED) is 0.0710. The average Bonchev–Trinajstić information content (AvgIpc) is 1.55. The zero-order chi connectivity index (χ0) is 69.6. The van der Waals surface area contributed by atoms with Crippen molar-refractivity contribution in [2.75, 3.05) is 0 Å². The van der Waals surface area contributed by atoms with E-state index in [1.165, 1.54) is 22.3 Å². The minimum absolute atomic E-state index is 0.216. The van der Waals surface area contributed by atoms with Gasteiger partial charge in [0.15, 0.2) is 0 Å². The van der Waals surface area contributed by atoms with Gasteiger partial charge in [0, 0.05) is 0 Å². The minimum atomic E-state index is -8.05. The third kappa shape index (κ3) is 12.6. The summed E-state index contributed by atoms with van der Waals surface area (Å²) in [5.74, 6) is 24.9. The zero-order valence-corrected chi connectivity index (χ0v) is 73.6. The molecule has 11 heteroatoms. The van der Waals surface area contributed by atoms with Gasteiger partial charge in [-0.1, -0.05) is 0 Å². The molecule has 10 rings (SSSR count). The molecule has 6 aromatic carbocycles. The molecule has 0 saturated carbocycles. The fourth-order valence-corrected chi connectivity index (χ4v) is 518. The number of allylic oxidation sites excluding steroid dienone is 4. The molecular weight excluding hydrogens is 1550 g/mol. The van der Waals surface area contributed by atoms with E-state index < -0.39 is 65.8 Å². The van der Waals surface area contributed by atoms with Crippen LogP contribution in [0.15, 0.2) is 156 Å². The van der Waals surface area contributed by atoms with Crippen LogP contribution in [0, 0.1) is 81.9 Å². The maximum absolute atomic E-state index is 11.5. The molecule has 0 N–H and O–H groups in total. The second-order valence-electron chi connectivity index (χ2n) is 32.5. The summed E-state index contributed by atoms with van der Waals surface area (Å²) in [6.07, 6.45) is 13.1. The Morgan fingerprint density at radius 1 is 0.358 bits per heavy atom. The summed E-state index contributed by atoms with van der Waals surface area (Å²) in [5.41, 5.74) is 19.4. The number of fused-ring (bicyclic) bond motifs is 4. The first-order valence-electron chi connectivity index (χ1n) is 34.5. The van der Waals surface area contributed by atoms with Crippen molar-refractivity contribution in [3.05, 3.63) is 234 Å². The van der Waals surface area contributed by atoms with Crippen molar-refractivity contribution in [1.82, 2.24) is 0 Å². The van der Waals surface area contributed by atoms with E-state index in [9.17, 15) is 34.1 Å². The van der Waals surface area contributed by atoms with Gasteiger partial charge in [0.1, 0.15) is 0 Å². The summed E-state index contributed by atoms with van der Waals surface area (Å²) in [4.78, 5) is 0. The average molecular weight is 1650 g/mol. The number of hydrogen-bond donors (Lipinski definition) is 0. The molecule has 0 spiro atoms. The molecule has 496 valence electrons. The number of benzene rings is 6. The molecule has 0 aliphatic heterocycles. The van der Waals surface area contributed by atoms with Crippen molar-refractivity contribution in [3.8, 4) is 47.4 Å². The van der Waals surface area contributed by atoms with E-state index in [2.05, 4.69) is 328 Å². The van der Waals surface area contributed by atoms with E-state index in [-0.39, 0.29) is 34.5 Å². The molecule has 4 aliphatic carbocycles. The topological polar surface area (TPSA) is 0 Å². The Balaban J connectivity index is 0.00000347. The van der Waals surface area contributed by atoms with Gasteiger partial charge in [-0.05, 0) is 0 Å². The summed E-state index contributed by atoms with van der Waals surface area (Å²) < 4.78 is -2.16. The fraction of sp³-hybridized carbons (Fsp3) is 0.381. The first-order chi connectivity index (χ1) is 44.5. The van der Waals surface area contributed by atoms with Crippen LogP contribution >= 0.6 is 51.1 Å². The molecule has 6 aromatic rings. The maximum atomic E-state index is 11.5. The van der Waals surface area contributed by atoms with Crippen molar-refractivity contribution in [1.29, 1.82) is 0 Å². The van der Waals surface area contributed by atoms with E-state index in [0.29, 0.717) is 0 Å². The second kappa shape index (κ2) is 28.3. The van der Waals surface area contributed by atoms with Crippen LogP contribution in [0.25, 0.3) is 24.3 Å². The van der Waals surface area contributed by atoms with Crippen molar-refractivity contribution in [2.24, 2.45) is 34.5 Å². The Labute approximate surface area is 597 Å². The number of hydrogen-bond acceptors (Lipinski definition) is 0. The summed E-state index contributed by atoms with van der Waals surface area (Å²) in [5, 5.41) is 0. The van der Waals surface area contributed by atoms with E-state index >= 15 is 0 Å². The molecule has 0 radical (unpaired) electrons. The molecular formula is C84H98Cl6Si2Zr3. The zero-order valence-electron chi connectivity index (χ0n) is 59.4. The molecule has 0 fully saturated rings. The predicted molar refractivity (Wildman–Crippen MR) is 417 cm³/mol. The first kappa shape index (κ1) is 76.5. The monoisotopic (exact) mass is 1640 g/mol. The van der Waals surface area contributed by atoms with Gasteiger partial charge in [0.05, 0.1) is 0 Å². The molecule has 0 aromatic heterocycles. The van der Waals surface area contributed by atoms with Crippen LogP contribution in [0.1, 0.15) is 215 Å². The van der Waals surface area contributed by atoms with Gasteiger partial charge in [-0.15, -0.1) is 0 Å². The van der Waals surface area contributed by atoms with Gasteiger partial charge in [0.2, 0.25) is 0 Å². The molecule has 4 atom stereocenters. The molecule has 0 amide bonds. The Morgan fingerprint density at radius 2 is 0.589 bits per heavy atom. The fourth-order valence-electron chi connectivity index (χ4n) is 18.5. The summed E-state index contributed by atoms with van der Waals surface area (Å²) in [6, 6.07) is 48.2. The summed E-state index contributed by atoms with van der Waals surface area (Å²) >= 11 is -0.826. The van der Waals surface area contributed by atoms with Gasteiger partial charge in [-0.3, -0.25) is 0 Å². The van der Waals surface area contributed by atoms with Gasteiger partial charge in [0.25, 0.3) is 0 Å². The third-order valence-corrected chi connectivity index (χ3v) is 436. The molecule has 0 bridgehead atoms. The van der Waals surface area contributed by atoms with Crippen LogP contribution in [0.5, 0.6) is 0 Å². The van der Waals surface area contributed by atoms with Crippen LogP contribution < -0.4 is 0 Å². The SMILES string of the molecule is CC(C)CC1=Cc2c(C#Cc3ccccc3)cccc2[CH]1[Zr]([Cl])([Cl])([CH]1C(CC(C)C)=Cc2c(C#Cc3ccccc3)cccc21)([SiH](C)C)[Zr]([Cl])([Cl])([CH]1C(CC(C)C)=Cc2c(C#CC(C)(C)C)cccc21)([CH]1C(CC(C)C)=Cc2c(C#CC(C)(C)C)cccc21)[SiH](C)C.[Cl][Zr][Cl]. The summed E-state index contributed by atoms with van der Waals surface area (Å²) in [7, 11) is 39.8. The normalized spacial score (nSPS) is 18.7. The van der Waals surface area contributed by atoms with Gasteiger partial charge < -0.3 is 0 Å². The predicted octanol–water partition coefficient (Wildman–Crippen LogP) is 25.6. The molecule has 4 unspecified atom stereocenters. The van der Waals surface area contributed by atoms with E-state index in [1.54, 1.807) is 0 Å². The Morgan fingerprint density at radius 3 is 0.800 bits per heavy atom. The summed E-state index contributed by atoms with van der Waals surface area (Å²) in [6.45, 7) is 42.4. The van der Waals surface area contributed by atoms with Crippen LogP contribution in [0.3, 0.4) is 0 Å². The van der Waals surface area contributed by atoms with Crippen molar-refractivity contribution < 1.29 is 39.4 Å². The van der Waals surface area contributed by atoms with Crippen molar-refractivity contribution in [2.45, 2.75) is 163 Å². The molecule has 95 heavy (non-hydrogen) atoms. The van der Waals surface area contributed by atoms with E-state index in [1.807, 2.05) is 0 Å². The van der Waals surface area contributed by atoms with Crippen LogP contribution in [-0.2, 0) is 39.4 Å². The number of rotatable bonds is 15. The van der Waals surface area contributed by atoms with Crippen LogP contribution in [0.4, 0.5) is 0 Å². The van der Waals surface area contributed by atoms with E-state index in [4.69, 9.17) is 17.0 Å². The van der Waals surface area contributed by atoms with Gasteiger partial charge in [-0.2, -0.15) is 0 Å². The molecule has 0 saturated heterocycles. The molecule has 0 nitrogen and oxygen atoms in total. The molecule has 0 heterocycles.